The van der Waals surface area contributed by atoms with Gasteiger partial charge in [-0.1, -0.05) is 77.3 Å². The standard InChI is InChI=1S/C47H73N9O17/c1-25(2)11-9-7-5-4-6-8-10-12-28-20-37(62)50-33(22-39(65)66)44(70)52-31(19-27-13-15-29(60)16-14-27)42(68)53-32(21-36(48)61)43(69)55-34(23-57)45(71)51-30(17-18-38(63)64)41(67)54-35(24-58)46(72)56-40(26(3)59)47(73)49-28/h13-16,25-26,28,30-35,40,57-60H,4-12,17-24H2,1-3H3,(H2,48,61)(H,49,73)(H,50,62)(H,51,71)(H,52,70)(H,53,68)(H,54,67)(H,55,69)(H,56,72)(H,63,64)(H,65,66)/t26-,28?,30?,31?,32?,33?,34?,35?,40+/m1/s1. The normalized spacial score (nSPS) is 23.9. The zero-order valence-corrected chi connectivity index (χ0v) is 41.4. The number of phenolic OH excluding ortho intramolecular Hbond substituents is 1. The Morgan fingerprint density at radius 3 is 1.55 bits per heavy atom. The molecule has 16 N–H and O–H groups in total. The van der Waals surface area contributed by atoms with Gasteiger partial charge in [0.25, 0.3) is 0 Å². The lowest BCUT2D eigenvalue weighted by atomic mass is 10.0. The fraction of sp³-hybridized carbons (Fsp3) is 0.638. The largest absolute Gasteiger partial charge is 0.508 e. The van der Waals surface area contributed by atoms with Crippen LogP contribution < -0.4 is 48.3 Å². The number of benzene rings is 1. The van der Waals surface area contributed by atoms with Gasteiger partial charge in [0.05, 0.1) is 32.2 Å². The minimum Gasteiger partial charge on any atom is -0.508 e. The van der Waals surface area contributed by atoms with E-state index in [1.165, 1.54) is 24.3 Å². The van der Waals surface area contributed by atoms with Crippen LogP contribution in [-0.4, -0.2) is 163 Å². The fourth-order valence-corrected chi connectivity index (χ4v) is 7.64. The summed E-state index contributed by atoms with van der Waals surface area (Å²) in [6, 6.07) is -8.96. The van der Waals surface area contributed by atoms with Gasteiger partial charge in [-0.3, -0.25) is 52.7 Å². The van der Waals surface area contributed by atoms with Crippen molar-refractivity contribution in [2.24, 2.45) is 11.7 Å². The van der Waals surface area contributed by atoms with Crippen molar-refractivity contribution in [1.82, 2.24) is 42.5 Å². The molecule has 73 heavy (non-hydrogen) atoms. The molecule has 0 aliphatic carbocycles. The predicted octanol–water partition coefficient (Wildman–Crippen LogP) is -3.04. The summed E-state index contributed by atoms with van der Waals surface area (Å²) in [5.41, 5.74) is 5.67. The third kappa shape index (κ3) is 23.9. The van der Waals surface area contributed by atoms with Crippen molar-refractivity contribution in [3.05, 3.63) is 29.8 Å². The van der Waals surface area contributed by atoms with Crippen molar-refractivity contribution < 1.29 is 83.4 Å². The third-order valence-electron chi connectivity index (χ3n) is 11.7. The molecule has 1 aliphatic rings. The van der Waals surface area contributed by atoms with E-state index in [-0.39, 0.29) is 17.7 Å². The molecule has 9 amide bonds. The molecule has 0 bridgehead atoms. The maximum atomic E-state index is 14.0. The third-order valence-corrected chi connectivity index (χ3v) is 11.7. The van der Waals surface area contributed by atoms with Gasteiger partial charge in [-0.2, -0.15) is 0 Å². The average molecular weight is 1040 g/mol. The van der Waals surface area contributed by atoms with Crippen molar-refractivity contribution in [3.8, 4) is 5.75 Å². The summed E-state index contributed by atoms with van der Waals surface area (Å²) in [5, 5.41) is 78.2. The van der Waals surface area contributed by atoms with Gasteiger partial charge in [-0.15, -0.1) is 0 Å². The highest BCUT2D eigenvalue weighted by molar-refractivity contribution is 5.99. The zero-order chi connectivity index (χ0) is 54.8. The van der Waals surface area contributed by atoms with E-state index in [9.17, 15) is 83.4 Å². The second kappa shape index (κ2) is 32.2. The highest BCUT2D eigenvalue weighted by Crippen LogP contribution is 2.16. The quantitative estimate of drug-likeness (QED) is 0.0514. The van der Waals surface area contributed by atoms with Gasteiger partial charge in [0, 0.05) is 25.3 Å². The number of nitrogens with one attached hydrogen (secondary N) is 8. The van der Waals surface area contributed by atoms with Crippen LogP contribution in [0.1, 0.15) is 116 Å². The molecular weight excluding hydrogens is 963 g/mol. The summed E-state index contributed by atoms with van der Waals surface area (Å²) in [7, 11) is 0. The van der Waals surface area contributed by atoms with Crippen LogP contribution in [-0.2, 0) is 59.2 Å². The molecule has 9 atom stereocenters. The van der Waals surface area contributed by atoms with Crippen molar-refractivity contribution in [1.29, 1.82) is 0 Å². The van der Waals surface area contributed by atoms with E-state index >= 15 is 0 Å². The van der Waals surface area contributed by atoms with Gasteiger partial charge in [0.1, 0.15) is 48.0 Å². The van der Waals surface area contributed by atoms with Gasteiger partial charge in [-0.25, -0.2) is 0 Å². The minimum atomic E-state index is -1.99. The number of primary amides is 1. The number of aliphatic carboxylic acids is 2. The average Bonchev–Trinajstić information content (AvgIpc) is 3.30. The monoisotopic (exact) mass is 1040 g/mol. The number of hydrogen-bond acceptors (Lipinski definition) is 15. The Morgan fingerprint density at radius 2 is 1.03 bits per heavy atom. The molecule has 26 nitrogen and oxygen atoms in total. The summed E-state index contributed by atoms with van der Waals surface area (Å²) in [4.78, 5) is 146. The molecule has 408 valence electrons. The van der Waals surface area contributed by atoms with Gasteiger partial charge < -0.3 is 78.9 Å². The summed E-state index contributed by atoms with van der Waals surface area (Å²) in [5.74, 6) is -13.4. The highest BCUT2D eigenvalue weighted by Gasteiger charge is 2.36. The molecule has 2 rings (SSSR count). The molecule has 1 aliphatic heterocycles. The lowest BCUT2D eigenvalue weighted by Crippen LogP contribution is -2.62. The Kier molecular flexibility index (Phi) is 27.4. The van der Waals surface area contributed by atoms with Crippen molar-refractivity contribution in [2.45, 2.75) is 172 Å². The van der Waals surface area contributed by atoms with Gasteiger partial charge in [-0.05, 0) is 43.4 Å². The first kappa shape index (κ1) is 62.2. The zero-order valence-electron chi connectivity index (χ0n) is 41.4. The number of carbonyl (C=O) groups excluding carboxylic acids is 9. The minimum absolute atomic E-state index is 0.133. The van der Waals surface area contributed by atoms with Gasteiger partial charge >= 0.3 is 11.9 Å². The topological polar surface area (TPSA) is 431 Å². The van der Waals surface area contributed by atoms with Crippen LogP contribution in [0.4, 0.5) is 0 Å². The number of rotatable bonds is 22. The number of unbranched alkanes of at least 4 members (excludes halogenated alkanes) is 6. The summed E-state index contributed by atoms with van der Waals surface area (Å²) >= 11 is 0. The van der Waals surface area contributed by atoms with Gasteiger partial charge in [0.15, 0.2) is 0 Å². The van der Waals surface area contributed by atoms with Crippen molar-refractivity contribution >= 4 is 65.1 Å². The molecule has 1 aromatic rings. The van der Waals surface area contributed by atoms with Crippen LogP contribution in [0, 0.1) is 5.92 Å². The molecule has 26 heteroatoms. The Bertz CT molecular complexity index is 2050. The number of aliphatic hydroxyl groups is 3. The number of nitrogens with two attached hydrogens (primary N) is 1. The molecule has 0 aromatic heterocycles. The van der Waals surface area contributed by atoms with Crippen LogP contribution in [0.25, 0.3) is 0 Å². The predicted molar refractivity (Wildman–Crippen MR) is 257 cm³/mol. The number of amides is 9. The summed E-state index contributed by atoms with van der Waals surface area (Å²) in [6.45, 7) is 3.08. The van der Waals surface area contributed by atoms with E-state index in [4.69, 9.17) is 5.73 Å². The number of phenols is 1. The number of carboxylic acid groups (broad SMARTS) is 2. The summed E-state index contributed by atoms with van der Waals surface area (Å²) in [6.07, 6.45) is 1.16. The second-order valence-electron chi connectivity index (χ2n) is 18.4. The molecule has 0 spiro atoms. The first-order chi connectivity index (χ1) is 34.4. The first-order valence-electron chi connectivity index (χ1n) is 24.3. The molecule has 1 aromatic carbocycles. The number of hydrogen-bond donors (Lipinski definition) is 15. The second-order valence-corrected chi connectivity index (χ2v) is 18.4. The Labute approximate surface area is 422 Å². The van der Waals surface area contributed by atoms with E-state index in [2.05, 4.69) is 56.4 Å². The van der Waals surface area contributed by atoms with Crippen LogP contribution in [0.2, 0.25) is 0 Å². The highest BCUT2D eigenvalue weighted by atomic mass is 16.4. The number of aromatic hydroxyl groups is 1. The van der Waals surface area contributed by atoms with E-state index in [0.717, 1.165) is 45.4 Å². The summed E-state index contributed by atoms with van der Waals surface area (Å²) < 4.78 is 0. The maximum absolute atomic E-state index is 14.0. The number of aliphatic hydroxyl groups excluding tert-OH is 3. The smallest absolute Gasteiger partial charge is 0.305 e. The lowest BCUT2D eigenvalue weighted by molar-refractivity contribution is -0.141. The molecular formula is C47H73N9O17. The van der Waals surface area contributed by atoms with E-state index in [1.54, 1.807) is 0 Å². The molecule has 1 heterocycles. The molecule has 7 unspecified atom stereocenters. The molecule has 0 saturated carbocycles. The fourth-order valence-electron chi connectivity index (χ4n) is 7.64. The van der Waals surface area contributed by atoms with Gasteiger partial charge in [0.2, 0.25) is 53.2 Å². The van der Waals surface area contributed by atoms with Crippen molar-refractivity contribution in [3.63, 3.8) is 0 Å². The van der Waals surface area contributed by atoms with E-state index in [0.29, 0.717) is 18.8 Å². The van der Waals surface area contributed by atoms with E-state index < -0.39 is 171 Å². The number of carbonyl (C=O) groups is 11. The first-order valence-corrected chi connectivity index (χ1v) is 24.3. The molecule has 1 saturated heterocycles. The number of carboxylic acids is 2. The lowest BCUT2D eigenvalue weighted by Gasteiger charge is -2.28. The van der Waals surface area contributed by atoms with Crippen LogP contribution in [0.15, 0.2) is 24.3 Å². The Balaban J connectivity index is 2.69. The molecule has 1 fully saturated rings. The van der Waals surface area contributed by atoms with Crippen LogP contribution in [0.5, 0.6) is 5.75 Å². The van der Waals surface area contributed by atoms with Crippen molar-refractivity contribution in [2.75, 3.05) is 13.2 Å². The molecule has 0 radical (unpaired) electrons. The maximum Gasteiger partial charge on any atom is 0.305 e. The van der Waals surface area contributed by atoms with E-state index in [1.807, 2.05) is 0 Å². The van der Waals surface area contributed by atoms with Crippen LogP contribution >= 0.6 is 0 Å². The van der Waals surface area contributed by atoms with Crippen LogP contribution in [0.3, 0.4) is 0 Å². The Hall–Kier alpha value is -6.93. The Morgan fingerprint density at radius 1 is 0.562 bits per heavy atom. The SMILES string of the molecule is CC(C)CCCCCCCCCC1CC(=O)NC(CC(=O)O)C(=O)NC(Cc2ccc(O)cc2)C(=O)NC(CC(N)=O)C(=O)NC(CO)C(=O)NC(CCC(=O)O)C(=O)NC(CO)C(=O)N[C@@H]([C@@H](C)O)C(=O)N1.